The molecule has 56 valence electrons. The smallest absolute Gasteiger partial charge is 0.294 e. The Bertz CT molecular complexity index is 398. The van der Waals surface area contributed by atoms with Crippen LogP contribution in [-0.4, -0.2) is 9.97 Å². The molecule has 2 aromatic heterocycles. The fourth-order valence-corrected chi connectivity index (χ4v) is 1.13. The lowest BCUT2D eigenvalue weighted by Gasteiger charge is -1.84. The maximum absolute atomic E-state index is 5.31. The summed E-state index contributed by atoms with van der Waals surface area (Å²) in [5.41, 5.74) is 6.43. The molecule has 11 heavy (non-hydrogen) atoms. The van der Waals surface area contributed by atoms with Crippen molar-refractivity contribution in [3.63, 3.8) is 0 Å². The van der Waals surface area contributed by atoms with Gasteiger partial charge in [-0.15, -0.1) is 0 Å². The Balaban J connectivity index is 2.82. The molecule has 5 heteroatoms. The monoisotopic (exact) mass is 213 g/mol. The van der Waals surface area contributed by atoms with Crippen molar-refractivity contribution < 1.29 is 4.42 Å². The molecule has 2 aromatic rings. The number of anilines is 1. The average Bonchev–Trinajstić information content (AvgIpc) is 2.27. The molecular formula is C6H4BrN3O. The van der Waals surface area contributed by atoms with Crippen molar-refractivity contribution in [1.29, 1.82) is 0 Å². The van der Waals surface area contributed by atoms with Crippen LogP contribution < -0.4 is 5.73 Å². The first-order valence-corrected chi connectivity index (χ1v) is 3.72. The van der Waals surface area contributed by atoms with Crippen molar-refractivity contribution in [3.05, 3.63) is 16.7 Å². The van der Waals surface area contributed by atoms with Gasteiger partial charge in [0.1, 0.15) is 5.52 Å². The van der Waals surface area contributed by atoms with E-state index in [4.69, 9.17) is 10.2 Å². The van der Waals surface area contributed by atoms with Gasteiger partial charge in [0.2, 0.25) is 5.71 Å². The Morgan fingerprint density at radius 1 is 1.55 bits per heavy atom. The molecule has 0 atom stereocenters. The molecule has 2 rings (SSSR count). The first kappa shape index (κ1) is 6.60. The van der Waals surface area contributed by atoms with Crippen molar-refractivity contribution in [3.8, 4) is 0 Å². The zero-order valence-electron chi connectivity index (χ0n) is 5.41. The molecular weight excluding hydrogens is 210 g/mol. The molecule has 2 N–H and O–H groups in total. The summed E-state index contributed by atoms with van der Waals surface area (Å²) >= 11 is 3.26. The molecule has 0 aliphatic carbocycles. The predicted molar refractivity (Wildman–Crippen MR) is 43.9 cm³/mol. The second kappa shape index (κ2) is 2.20. The number of nitrogens with zero attached hydrogens (tertiary/aromatic N) is 2. The van der Waals surface area contributed by atoms with Crippen molar-refractivity contribution in [2.75, 3.05) is 5.73 Å². The number of hydrogen-bond donors (Lipinski definition) is 1. The summed E-state index contributed by atoms with van der Waals surface area (Å²) in [4.78, 5) is 7.84. The van der Waals surface area contributed by atoms with E-state index in [0.717, 1.165) is 4.47 Å². The molecule has 0 fully saturated rings. The number of fused-ring (bicyclic) bond motifs is 1. The summed E-state index contributed by atoms with van der Waals surface area (Å²) in [7, 11) is 0. The lowest BCUT2D eigenvalue weighted by Crippen LogP contribution is -1.80. The third-order valence-corrected chi connectivity index (χ3v) is 1.66. The largest absolute Gasteiger partial charge is 0.405 e. The number of aromatic nitrogens is 2. The topological polar surface area (TPSA) is 64.9 Å². The quantitative estimate of drug-likeness (QED) is 0.722. The van der Waals surface area contributed by atoms with E-state index in [-0.39, 0.29) is 6.01 Å². The molecule has 0 aliphatic rings. The van der Waals surface area contributed by atoms with Crippen LogP contribution >= 0.6 is 15.9 Å². The standard InChI is InChI=1S/C6H4BrN3O/c7-3-1-4-5(9-2-3)11-6(8)10-4/h1-2H,(H2,8,10). The molecule has 4 nitrogen and oxygen atoms in total. The van der Waals surface area contributed by atoms with Gasteiger partial charge in [0.25, 0.3) is 6.01 Å². The second-order valence-electron chi connectivity index (χ2n) is 2.03. The van der Waals surface area contributed by atoms with Crippen LogP contribution in [0.4, 0.5) is 6.01 Å². The maximum Gasteiger partial charge on any atom is 0.294 e. The van der Waals surface area contributed by atoms with Gasteiger partial charge in [-0.05, 0) is 22.0 Å². The first-order chi connectivity index (χ1) is 5.25. The van der Waals surface area contributed by atoms with Gasteiger partial charge in [-0.1, -0.05) is 0 Å². The van der Waals surface area contributed by atoms with E-state index < -0.39 is 0 Å². The molecule has 0 spiro atoms. The highest BCUT2D eigenvalue weighted by Gasteiger charge is 2.02. The SMILES string of the molecule is Nc1nc2cc(Br)cnc2o1. The third-order valence-electron chi connectivity index (χ3n) is 1.23. The average molecular weight is 214 g/mol. The maximum atomic E-state index is 5.31. The highest BCUT2D eigenvalue weighted by Crippen LogP contribution is 2.17. The summed E-state index contributed by atoms with van der Waals surface area (Å²) in [6.45, 7) is 0. The molecule has 0 amide bonds. The van der Waals surface area contributed by atoms with Crippen molar-refractivity contribution in [1.82, 2.24) is 9.97 Å². The van der Waals surface area contributed by atoms with Crippen LogP contribution in [0.1, 0.15) is 0 Å². The van der Waals surface area contributed by atoms with E-state index in [2.05, 4.69) is 25.9 Å². The third kappa shape index (κ3) is 1.07. The highest BCUT2D eigenvalue weighted by atomic mass is 79.9. The first-order valence-electron chi connectivity index (χ1n) is 2.93. The van der Waals surface area contributed by atoms with Gasteiger partial charge in [0.05, 0.1) is 0 Å². The van der Waals surface area contributed by atoms with Crippen LogP contribution in [0.5, 0.6) is 0 Å². The van der Waals surface area contributed by atoms with E-state index in [0.29, 0.717) is 11.2 Å². The Hall–Kier alpha value is -1.10. The van der Waals surface area contributed by atoms with E-state index >= 15 is 0 Å². The van der Waals surface area contributed by atoms with Crippen LogP contribution in [0.15, 0.2) is 21.2 Å². The summed E-state index contributed by atoms with van der Waals surface area (Å²) in [5, 5.41) is 0. The number of halogens is 1. The summed E-state index contributed by atoms with van der Waals surface area (Å²) in [6, 6.07) is 1.94. The van der Waals surface area contributed by atoms with Gasteiger partial charge in [0.15, 0.2) is 0 Å². The van der Waals surface area contributed by atoms with Gasteiger partial charge in [-0.3, -0.25) is 0 Å². The lowest BCUT2D eigenvalue weighted by molar-refractivity contribution is 0.614. The number of rotatable bonds is 0. The van der Waals surface area contributed by atoms with Gasteiger partial charge >= 0.3 is 0 Å². The molecule has 2 heterocycles. The molecule has 0 aromatic carbocycles. The van der Waals surface area contributed by atoms with Crippen LogP contribution in [0.3, 0.4) is 0 Å². The zero-order valence-corrected chi connectivity index (χ0v) is 7.00. The second-order valence-corrected chi connectivity index (χ2v) is 2.95. The fourth-order valence-electron chi connectivity index (χ4n) is 0.815. The minimum atomic E-state index is 0.144. The highest BCUT2D eigenvalue weighted by molar-refractivity contribution is 9.10. The number of nitrogens with two attached hydrogens (primary N) is 1. The summed E-state index contributed by atoms with van der Waals surface area (Å²) < 4.78 is 5.82. The predicted octanol–water partition coefficient (Wildman–Crippen LogP) is 1.57. The number of oxazole rings is 1. The van der Waals surface area contributed by atoms with E-state index in [1.54, 1.807) is 12.3 Å². The Kier molecular flexibility index (Phi) is 1.32. The molecule has 0 saturated carbocycles. The fraction of sp³-hybridized carbons (Fsp3) is 0. The van der Waals surface area contributed by atoms with Gasteiger partial charge in [-0.2, -0.15) is 4.98 Å². The minimum absolute atomic E-state index is 0.144. The summed E-state index contributed by atoms with van der Waals surface area (Å²) in [5.74, 6) is 0. The minimum Gasteiger partial charge on any atom is -0.405 e. The molecule has 0 aliphatic heterocycles. The summed E-state index contributed by atoms with van der Waals surface area (Å²) in [6.07, 6.45) is 1.63. The number of pyridine rings is 1. The number of hydrogen-bond acceptors (Lipinski definition) is 4. The number of nitrogen functional groups attached to an aromatic ring is 1. The van der Waals surface area contributed by atoms with Crippen LogP contribution in [0.25, 0.3) is 11.2 Å². The molecule has 0 radical (unpaired) electrons. The molecule has 0 bridgehead atoms. The van der Waals surface area contributed by atoms with Crippen molar-refractivity contribution >= 4 is 33.2 Å². The van der Waals surface area contributed by atoms with Crippen LogP contribution in [0.2, 0.25) is 0 Å². The van der Waals surface area contributed by atoms with E-state index in [1.165, 1.54) is 0 Å². The molecule has 0 unspecified atom stereocenters. The van der Waals surface area contributed by atoms with E-state index in [1.807, 2.05) is 0 Å². The van der Waals surface area contributed by atoms with Crippen LogP contribution in [-0.2, 0) is 0 Å². The van der Waals surface area contributed by atoms with Crippen LogP contribution in [0, 0.1) is 0 Å². The Morgan fingerprint density at radius 2 is 2.36 bits per heavy atom. The molecule has 0 saturated heterocycles. The van der Waals surface area contributed by atoms with Crippen molar-refractivity contribution in [2.24, 2.45) is 0 Å². The lowest BCUT2D eigenvalue weighted by atomic mass is 10.4. The van der Waals surface area contributed by atoms with E-state index in [9.17, 15) is 0 Å². The zero-order chi connectivity index (χ0) is 7.84. The normalized spacial score (nSPS) is 10.6. The van der Waals surface area contributed by atoms with Gasteiger partial charge in [-0.25, -0.2) is 4.98 Å². The Labute approximate surface area is 70.6 Å². The van der Waals surface area contributed by atoms with Gasteiger partial charge in [0, 0.05) is 10.7 Å². The Morgan fingerprint density at radius 3 is 3.18 bits per heavy atom. The van der Waals surface area contributed by atoms with Gasteiger partial charge < -0.3 is 10.2 Å². The van der Waals surface area contributed by atoms with Crippen molar-refractivity contribution in [2.45, 2.75) is 0 Å².